The molecule has 0 bridgehead atoms. The van der Waals surface area contributed by atoms with E-state index < -0.39 is 11.6 Å². The number of benzene rings is 1. The maximum Gasteiger partial charge on any atom is 0.224 e. The lowest BCUT2D eigenvalue weighted by Gasteiger charge is -2.57. The zero-order chi connectivity index (χ0) is 18.7. The number of fused-ring (bicyclic) bond motifs is 1. The molecule has 5 atom stereocenters. The fourth-order valence-corrected chi connectivity index (χ4v) is 4.50. The van der Waals surface area contributed by atoms with Crippen LogP contribution in [0.1, 0.15) is 45.1 Å². The van der Waals surface area contributed by atoms with E-state index in [0.29, 0.717) is 44.9 Å². The minimum atomic E-state index is -0.821. The molecule has 0 unspecified atom stereocenters. The van der Waals surface area contributed by atoms with Gasteiger partial charge in [0.15, 0.2) is 0 Å². The maximum absolute atomic E-state index is 6.57. The number of hydrogen-bond acceptors (Lipinski definition) is 5. The van der Waals surface area contributed by atoms with Gasteiger partial charge in [-0.05, 0) is 30.2 Å². The van der Waals surface area contributed by atoms with Crippen LogP contribution in [0.2, 0.25) is 0 Å². The van der Waals surface area contributed by atoms with Gasteiger partial charge in [0.05, 0.1) is 33.0 Å². The predicted octanol–water partition coefficient (Wildman–Crippen LogP) is 3.90. The molecule has 1 aromatic rings. The van der Waals surface area contributed by atoms with Crippen LogP contribution in [0.4, 0.5) is 0 Å². The highest BCUT2D eigenvalue weighted by atomic mass is 16.8. The second-order valence-electron chi connectivity index (χ2n) is 8.45. The Morgan fingerprint density at radius 3 is 2.30 bits per heavy atom. The van der Waals surface area contributed by atoms with Crippen LogP contribution >= 0.6 is 0 Å². The van der Waals surface area contributed by atoms with Gasteiger partial charge in [0.25, 0.3) is 0 Å². The van der Waals surface area contributed by atoms with Crippen LogP contribution in [0.3, 0.4) is 0 Å². The minimum Gasteiger partial charge on any atom is -0.374 e. The SMILES string of the molecule is C[C@H]1CCO[C@@]2(C1)OC[C@@H](COCc1ccccc1)O[C@@]21C[C@@H](C)CCO1. The van der Waals surface area contributed by atoms with Crippen molar-refractivity contribution in [3.63, 3.8) is 0 Å². The van der Waals surface area contributed by atoms with Gasteiger partial charge in [-0.15, -0.1) is 0 Å². The third-order valence-electron chi connectivity index (χ3n) is 5.98. The summed E-state index contributed by atoms with van der Waals surface area (Å²) < 4.78 is 31.4. The Hall–Kier alpha value is -0.980. The van der Waals surface area contributed by atoms with Gasteiger partial charge in [-0.25, -0.2) is 0 Å². The van der Waals surface area contributed by atoms with Crippen molar-refractivity contribution in [2.24, 2.45) is 11.8 Å². The Morgan fingerprint density at radius 1 is 0.926 bits per heavy atom. The predicted molar refractivity (Wildman–Crippen MR) is 101 cm³/mol. The zero-order valence-corrected chi connectivity index (χ0v) is 16.5. The Bertz CT molecular complexity index is 608. The van der Waals surface area contributed by atoms with Crippen molar-refractivity contribution in [2.75, 3.05) is 26.4 Å². The lowest BCUT2D eigenvalue weighted by atomic mass is 9.82. The normalized spacial score (nSPS) is 39.7. The summed E-state index contributed by atoms with van der Waals surface area (Å²) in [4.78, 5) is 0. The Morgan fingerprint density at radius 2 is 1.59 bits per heavy atom. The van der Waals surface area contributed by atoms with E-state index in [-0.39, 0.29) is 6.10 Å². The first kappa shape index (κ1) is 19.3. The molecule has 3 aliphatic rings. The molecule has 150 valence electrons. The highest BCUT2D eigenvalue weighted by Gasteiger charge is 2.62. The van der Waals surface area contributed by atoms with Crippen LogP contribution in [-0.4, -0.2) is 44.1 Å². The molecule has 0 radical (unpaired) electrons. The fraction of sp³-hybridized carbons (Fsp3) is 0.727. The standard InChI is InChI=1S/C22H32O5/c1-17-8-10-24-21(12-17)22(13-18(2)9-11-25-22)27-20(16-26-21)15-23-14-19-6-4-3-5-7-19/h3-7,17-18,20H,8-16H2,1-2H3/t17-,18-,20+,21-,22-/m0/s1. The summed E-state index contributed by atoms with van der Waals surface area (Å²) in [5.74, 6) is -0.553. The highest BCUT2D eigenvalue weighted by molar-refractivity contribution is 5.13. The summed E-state index contributed by atoms with van der Waals surface area (Å²) >= 11 is 0. The van der Waals surface area contributed by atoms with Gasteiger partial charge in [-0.1, -0.05) is 44.2 Å². The Balaban J connectivity index is 1.44. The summed E-state index contributed by atoms with van der Waals surface area (Å²) in [6.45, 7) is 7.41. The molecule has 3 fully saturated rings. The second-order valence-corrected chi connectivity index (χ2v) is 8.45. The molecule has 3 heterocycles. The van der Waals surface area contributed by atoms with Crippen LogP contribution < -0.4 is 0 Å². The third-order valence-corrected chi connectivity index (χ3v) is 5.98. The lowest BCUT2D eigenvalue weighted by molar-refractivity contribution is -0.473. The molecule has 4 rings (SSSR count). The summed E-state index contributed by atoms with van der Waals surface area (Å²) in [7, 11) is 0. The van der Waals surface area contributed by atoms with Crippen molar-refractivity contribution in [3.8, 4) is 0 Å². The first-order valence-corrected chi connectivity index (χ1v) is 10.3. The van der Waals surface area contributed by atoms with Gasteiger partial charge in [0.2, 0.25) is 11.6 Å². The van der Waals surface area contributed by atoms with Crippen molar-refractivity contribution >= 4 is 0 Å². The minimum absolute atomic E-state index is 0.148. The molecule has 0 saturated carbocycles. The molecule has 2 spiro atoms. The van der Waals surface area contributed by atoms with Gasteiger partial charge < -0.3 is 23.7 Å². The molecule has 27 heavy (non-hydrogen) atoms. The summed E-state index contributed by atoms with van der Waals surface area (Å²) in [5.41, 5.74) is 1.16. The fourth-order valence-electron chi connectivity index (χ4n) is 4.50. The average molecular weight is 376 g/mol. The van der Waals surface area contributed by atoms with Crippen molar-refractivity contribution in [2.45, 2.75) is 63.8 Å². The van der Waals surface area contributed by atoms with Crippen LogP contribution in [0, 0.1) is 11.8 Å². The van der Waals surface area contributed by atoms with Gasteiger partial charge in [-0.3, -0.25) is 0 Å². The molecule has 5 nitrogen and oxygen atoms in total. The molecule has 0 amide bonds. The second kappa shape index (κ2) is 8.18. The highest BCUT2D eigenvalue weighted by Crippen LogP contribution is 2.49. The number of hydrogen-bond donors (Lipinski definition) is 0. The van der Waals surface area contributed by atoms with Gasteiger partial charge >= 0.3 is 0 Å². The van der Waals surface area contributed by atoms with Gasteiger partial charge in [0, 0.05) is 12.8 Å². The molecule has 3 saturated heterocycles. The third kappa shape index (κ3) is 4.08. The number of rotatable bonds is 4. The van der Waals surface area contributed by atoms with E-state index in [1.807, 2.05) is 18.2 Å². The van der Waals surface area contributed by atoms with E-state index in [4.69, 9.17) is 23.7 Å². The molecule has 3 aliphatic heterocycles. The largest absolute Gasteiger partial charge is 0.374 e. The molecular formula is C22H32O5. The lowest BCUT2D eigenvalue weighted by Crippen LogP contribution is -2.69. The number of ether oxygens (including phenoxy) is 5. The Kier molecular flexibility index (Phi) is 5.86. The van der Waals surface area contributed by atoms with E-state index in [0.717, 1.165) is 31.2 Å². The van der Waals surface area contributed by atoms with Crippen LogP contribution in [0.15, 0.2) is 30.3 Å². The first-order chi connectivity index (χ1) is 13.1. The molecule has 0 aliphatic carbocycles. The zero-order valence-electron chi connectivity index (χ0n) is 16.5. The maximum atomic E-state index is 6.57. The van der Waals surface area contributed by atoms with Crippen molar-refractivity contribution in [1.29, 1.82) is 0 Å². The van der Waals surface area contributed by atoms with Crippen LogP contribution in [0.5, 0.6) is 0 Å². The summed E-state index contributed by atoms with van der Waals surface area (Å²) in [6, 6.07) is 10.2. The quantitative estimate of drug-likeness (QED) is 0.797. The molecule has 0 N–H and O–H groups in total. The van der Waals surface area contributed by atoms with E-state index in [2.05, 4.69) is 26.0 Å². The van der Waals surface area contributed by atoms with E-state index in [9.17, 15) is 0 Å². The van der Waals surface area contributed by atoms with Crippen LogP contribution in [0.25, 0.3) is 0 Å². The van der Waals surface area contributed by atoms with Crippen molar-refractivity contribution < 1.29 is 23.7 Å². The van der Waals surface area contributed by atoms with Gasteiger partial charge in [0.1, 0.15) is 6.10 Å². The van der Waals surface area contributed by atoms with Crippen molar-refractivity contribution in [1.82, 2.24) is 0 Å². The molecule has 0 aromatic heterocycles. The van der Waals surface area contributed by atoms with Gasteiger partial charge in [-0.2, -0.15) is 0 Å². The van der Waals surface area contributed by atoms with E-state index in [1.165, 1.54) is 0 Å². The van der Waals surface area contributed by atoms with E-state index in [1.54, 1.807) is 0 Å². The Labute approximate surface area is 162 Å². The average Bonchev–Trinajstić information content (AvgIpc) is 2.66. The molecule has 5 heteroatoms. The monoisotopic (exact) mass is 376 g/mol. The van der Waals surface area contributed by atoms with Crippen molar-refractivity contribution in [3.05, 3.63) is 35.9 Å². The van der Waals surface area contributed by atoms with Crippen LogP contribution in [-0.2, 0) is 30.3 Å². The topological polar surface area (TPSA) is 46.2 Å². The molecule has 1 aromatic carbocycles. The van der Waals surface area contributed by atoms with E-state index >= 15 is 0 Å². The summed E-state index contributed by atoms with van der Waals surface area (Å²) in [5, 5.41) is 0. The first-order valence-electron chi connectivity index (χ1n) is 10.3. The molecular weight excluding hydrogens is 344 g/mol. The summed E-state index contributed by atoms with van der Waals surface area (Å²) in [6.07, 6.45) is 3.57. The smallest absolute Gasteiger partial charge is 0.224 e.